The van der Waals surface area contributed by atoms with E-state index in [0.29, 0.717) is 22.5 Å². The topological polar surface area (TPSA) is 68.1 Å². The van der Waals surface area contributed by atoms with Crippen LogP contribution in [0.5, 0.6) is 0 Å². The van der Waals surface area contributed by atoms with Crippen molar-refractivity contribution in [2.75, 3.05) is 4.90 Å². The Kier molecular flexibility index (Phi) is 5.34. The van der Waals surface area contributed by atoms with E-state index in [0.717, 1.165) is 44.1 Å². The zero-order valence-corrected chi connectivity index (χ0v) is 22.3. The lowest BCUT2D eigenvalue weighted by Gasteiger charge is -2.16. The predicted octanol–water partition coefficient (Wildman–Crippen LogP) is 7.71. The summed E-state index contributed by atoms with van der Waals surface area (Å²) in [5, 5.41) is 2.08. The van der Waals surface area contributed by atoms with Crippen LogP contribution < -0.4 is 4.90 Å². The summed E-state index contributed by atoms with van der Waals surface area (Å²) in [6.45, 7) is 0. The first-order valence-corrected chi connectivity index (χ1v) is 13.7. The Morgan fingerprint density at radius 2 is 1.24 bits per heavy atom. The van der Waals surface area contributed by atoms with Crippen molar-refractivity contribution in [3.63, 3.8) is 0 Å². The number of hydrogen-bond donors (Lipinski definition) is 0. The number of aromatic nitrogens is 3. The van der Waals surface area contributed by atoms with Crippen molar-refractivity contribution in [3.05, 3.63) is 145 Å². The molecular formula is C36H22N4O2. The van der Waals surface area contributed by atoms with Gasteiger partial charge in [0.1, 0.15) is 6.33 Å². The van der Waals surface area contributed by atoms with Crippen LogP contribution in [0.15, 0.2) is 134 Å². The van der Waals surface area contributed by atoms with E-state index in [1.807, 2.05) is 91.0 Å². The van der Waals surface area contributed by atoms with Gasteiger partial charge in [-0.05, 0) is 59.2 Å². The summed E-state index contributed by atoms with van der Waals surface area (Å²) >= 11 is 0. The fourth-order valence-corrected chi connectivity index (χ4v) is 6.00. The van der Waals surface area contributed by atoms with Crippen molar-refractivity contribution in [1.29, 1.82) is 0 Å². The van der Waals surface area contributed by atoms with Gasteiger partial charge >= 0.3 is 0 Å². The number of amides is 2. The number of anilines is 1. The molecule has 0 unspecified atom stereocenters. The zero-order chi connectivity index (χ0) is 28.2. The van der Waals surface area contributed by atoms with E-state index in [-0.39, 0.29) is 11.8 Å². The molecule has 0 N–H and O–H groups in total. The second kappa shape index (κ2) is 9.35. The van der Waals surface area contributed by atoms with E-state index in [4.69, 9.17) is 0 Å². The van der Waals surface area contributed by atoms with Gasteiger partial charge in [-0.2, -0.15) is 0 Å². The Bertz CT molecular complexity index is 2190. The molecule has 2 aromatic heterocycles. The Morgan fingerprint density at radius 1 is 0.524 bits per heavy atom. The summed E-state index contributed by atoms with van der Waals surface area (Å²) in [5.74, 6) is -0.658. The number of carbonyl (C=O) groups is 2. The molecule has 2 amide bonds. The van der Waals surface area contributed by atoms with Crippen LogP contribution in [-0.4, -0.2) is 26.3 Å². The highest BCUT2D eigenvalue weighted by Crippen LogP contribution is 2.39. The molecule has 6 nitrogen and oxygen atoms in total. The third-order valence-electron chi connectivity index (χ3n) is 7.91. The van der Waals surface area contributed by atoms with Gasteiger partial charge in [0.25, 0.3) is 11.8 Å². The monoisotopic (exact) mass is 542 g/mol. The Labute approximate surface area is 241 Å². The van der Waals surface area contributed by atoms with E-state index in [2.05, 4.69) is 32.7 Å². The van der Waals surface area contributed by atoms with Gasteiger partial charge < -0.3 is 4.57 Å². The van der Waals surface area contributed by atoms with E-state index in [1.54, 1.807) is 18.5 Å². The normalized spacial score (nSPS) is 12.8. The molecule has 198 valence electrons. The first kappa shape index (κ1) is 24.0. The van der Waals surface area contributed by atoms with Crippen LogP contribution in [-0.2, 0) is 0 Å². The minimum atomic E-state index is -0.334. The lowest BCUT2D eigenvalue weighted by molar-refractivity contribution is 0.0926. The highest BCUT2D eigenvalue weighted by Gasteiger charge is 2.39. The molecule has 0 aliphatic carbocycles. The summed E-state index contributed by atoms with van der Waals surface area (Å²) in [6.07, 6.45) is 5.11. The smallest absolute Gasteiger partial charge is 0.268 e. The molecule has 1 aliphatic rings. The summed E-state index contributed by atoms with van der Waals surface area (Å²) in [6, 6.07) is 37.3. The van der Waals surface area contributed by atoms with Crippen molar-refractivity contribution in [1.82, 2.24) is 14.5 Å². The Hall–Kier alpha value is -5.88. The average molecular weight is 543 g/mol. The molecule has 0 saturated heterocycles. The van der Waals surface area contributed by atoms with E-state index >= 15 is 0 Å². The van der Waals surface area contributed by atoms with Gasteiger partial charge in [0.05, 0.1) is 33.5 Å². The van der Waals surface area contributed by atoms with Crippen LogP contribution in [0.25, 0.3) is 49.7 Å². The standard InChI is InChI=1S/C36H22N4O2/c41-35-29-13-7-15-33(34(29)36(42)39(35)27-11-6-10-24(18-27)23-8-2-1-3-9-23)40-31-14-5-4-12-28(31)30-19-25(16-17-32(30)40)26-20-37-22-38-21-26/h1-22H. The number of hydrogen-bond acceptors (Lipinski definition) is 4. The molecule has 0 spiro atoms. The maximum absolute atomic E-state index is 14.2. The molecule has 3 heterocycles. The molecule has 0 radical (unpaired) electrons. The molecule has 0 saturated carbocycles. The summed E-state index contributed by atoms with van der Waals surface area (Å²) < 4.78 is 2.09. The molecule has 7 aromatic rings. The lowest BCUT2D eigenvalue weighted by atomic mass is 10.0. The van der Waals surface area contributed by atoms with Crippen molar-refractivity contribution >= 4 is 39.3 Å². The lowest BCUT2D eigenvalue weighted by Crippen LogP contribution is -2.29. The van der Waals surface area contributed by atoms with E-state index in [1.165, 1.54) is 11.2 Å². The molecule has 0 fully saturated rings. The van der Waals surface area contributed by atoms with Crippen LogP contribution in [0.3, 0.4) is 0 Å². The Balaban J connectivity index is 1.30. The summed E-state index contributed by atoms with van der Waals surface area (Å²) in [4.78, 5) is 37.6. The fourth-order valence-electron chi connectivity index (χ4n) is 6.00. The first-order valence-electron chi connectivity index (χ1n) is 13.7. The predicted molar refractivity (Wildman–Crippen MR) is 165 cm³/mol. The highest BCUT2D eigenvalue weighted by atomic mass is 16.2. The highest BCUT2D eigenvalue weighted by molar-refractivity contribution is 6.36. The minimum absolute atomic E-state index is 0.325. The molecule has 6 heteroatoms. The van der Waals surface area contributed by atoms with Crippen LogP contribution in [0.2, 0.25) is 0 Å². The van der Waals surface area contributed by atoms with E-state index < -0.39 is 0 Å². The maximum atomic E-state index is 14.2. The molecule has 5 aromatic carbocycles. The minimum Gasteiger partial charge on any atom is -0.308 e. The van der Waals surface area contributed by atoms with Crippen molar-refractivity contribution in [2.45, 2.75) is 0 Å². The van der Waals surface area contributed by atoms with Gasteiger partial charge in [0.2, 0.25) is 0 Å². The molecular weight excluding hydrogens is 520 g/mol. The third kappa shape index (κ3) is 3.59. The number of para-hydroxylation sites is 1. The second-order valence-electron chi connectivity index (χ2n) is 10.3. The number of benzene rings is 5. The molecule has 8 rings (SSSR count). The van der Waals surface area contributed by atoms with Crippen molar-refractivity contribution in [3.8, 4) is 27.9 Å². The van der Waals surface area contributed by atoms with Crippen molar-refractivity contribution in [2.24, 2.45) is 0 Å². The van der Waals surface area contributed by atoms with Gasteiger partial charge in [-0.3, -0.25) is 9.59 Å². The van der Waals surface area contributed by atoms with Crippen LogP contribution >= 0.6 is 0 Å². The van der Waals surface area contributed by atoms with Gasteiger partial charge in [-0.25, -0.2) is 14.9 Å². The van der Waals surface area contributed by atoms with Crippen LogP contribution in [0.1, 0.15) is 20.7 Å². The number of imide groups is 1. The number of fused-ring (bicyclic) bond motifs is 4. The van der Waals surface area contributed by atoms with Gasteiger partial charge in [-0.1, -0.05) is 72.8 Å². The van der Waals surface area contributed by atoms with E-state index in [9.17, 15) is 9.59 Å². The molecule has 1 aliphatic heterocycles. The average Bonchev–Trinajstić information content (AvgIpc) is 3.52. The van der Waals surface area contributed by atoms with Crippen molar-refractivity contribution < 1.29 is 9.59 Å². The Morgan fingerprint density at radius 3 is 2.10 bits per heavy atom. The third-order valence-corrected chi connectivity index (χ3v) is 7.91. The molecule has 0 bridgehead atoms. The largest absolute Gasteiger partial charge is 0.308 e. The van der Waals surface area contributed by atoms with Crippen LogP contribution in [0.4, 0.5) is 5.69 Å². The number of nitrogens with zero attached hydrogens (tertiary/aromatic N) is 4. The summed E-state index contributed by atoms with van der Waals surface area (Å²) in [7, 11) is 0. The summed E-state index contributed by atoms with van der Waals surface area (Å²) in [5.41, 5.74) is 7.78. The second-order valence-corrected chi connectivity index (χ2v) is 10.3. The van der Waals surface area contributed by atoms with Gasteiger partial charge in [-0.15, -0.1) is 0 Å². The maximum Gasteiger partial charge on any atom is 0.268 e. The quantitative estimate of drug-likeness (QED) is 0.214. The van der Waals surface area contributed by atoms with Crippen LogP contribution in [0, 0.1) is 0 Å². The zero-order valence-electron chi connectivity index (χ0n) is 22.3. The first-order chi connectivity index (χ1) is 20.7. The molecule has 0 atom stereocenters. The fraction of sp³-hybridized carbons (Fsp3) is 0. The van der Waals surface area contributed by atoms with Gasteiger partial charge in [0.15, 0.2) is 0 Å². The SMILES string of the molecule is O=C1c2cccc(-n3c4ccccc4c4cc(-c5cncnc5)ccc43)c2C(=O)N1c1cccc(-c2ccccc2)c1. The number of rotatable bonds is 4. The van der Waals surface area contributed by atoms with Gasteiger partial charge in [0, 0.05) is 28.7 Å². The molecule has 42 heavy (non-hydrogen) atoms. The number of carbonyl (C=O) groups excluding carboxylic acids is 2.